The van der Waals surface area contributed by atoms with Crippen molar-refractivity contribution in [2.24, 2.45) is 22.9 Å². The Labute approximate surface area is 106 Å². The molecule has 8 N–H and O–H groups in total. The average Bonchev–Trinajstić information content (AvgIpc) is 2.33. The van der Waals surface area contributed by atoms with Gasteiger partial charge in [0, 0.05) is 6.04 Å². The number of primary amides is 2. The van der Waals surface area contributed by atoms with Gasteiger partial charge >= 0.3 is 6.03 Å². The van der Waals surface area contributed by atoms with Crippen molar-refractivity contribution in [2.45, 2.75) is 11.6 Å². The molecule has 2 rings (SSSR count). The third-order valence-electron chi connectivity index (χ3n) is 2.63. The summed E-state index contributed by atoms with van der Waals surface area (Å²) in [5.41, 5.74) is 21.2. The monoisotopic (exact) mass is 246 g/mol. The molecular formula is C13H18N4O. The fourth-order valence-electron chi connectivity index (χ4n) is 1.68. The average molecular weight is 246 g/mol. The van der Waals surface area contributed by atoms with E-state index in [-0.39, 0.29) is 6.04 Å². The first-order valence-corrected chi connectivity index (χ1v) is 5.47. The molecule has 5 heteroatoms. The van der Waals surface area contributed by atoms with E-state index in [2.05, 4.69) is 11.5 Å². The van der Waals surface area contributed by atoms with Crippen LogP contribution in [0.15, 0.2) is 54.6 Å². The van der Waals surface area contributed by atoms with Gasteiger partial charge in [-0.2, -0.15) is 0 Å². The summed E-state index contributed by atoms with van der Waals surface area (Å²) in [6.45, 7) is 0. The third kappa shape index (κ3) is 3.44. The normalized spacial score (nSPS) is 25.1. The predicted octanol–water partition coefficient (Wildman–Crippen LogP) is 0.318. The van der Waals surface area contributed by atoms with E-state index >= 15 is 0 Å². The molecule has 1 aliphatic rings. The lowest BCUT2D eigenvalue weighted by Crippen LogP contribution is -2.50. The number of nitrogens with two attached hydrogens (primary N) is 4. The van der Waals surface area contributed by atoms with Gasteiger partial charge in [-0.15, -0.1) is 0 Å². The fourth-order valence-corrected chi connectivity index (χ4v) is 1.68. The van der Waals surface area contributed by atoms with E-state index in [4.69, 9.17) is 16.3 Å². The Morgan fingerprint density at radius 2 is 1.67 bits per heavy atom. The summed E-state index contributed by atoms with van der Waals surface area (Å²) in [6, 6.07) is 8.94. The maximum Gasteiger partial charge on any atom is 0.309 e. The van der Waals surface area contributed by atoms with Crippen LogP contribution in [-0.4, -0.2) is 12.1 Å². The highest BCUT2D eigenvalue weighted by Gasteiger charge is 2.31. The van der Waals surface area contributed by atoms with Crippen LogP contribution in [0.2, 0.25) is 0 Å². The molecule has 96 valence electrons. The van der Waals surface area contributed by atoms with E-state index in [9.17, 15) is 0 Å². The molecule has 2 atom stereocenters. The minimum absolute atomic E-state index is 0.158. The van der Waals surface area contributed by atoms with Gasteiger partial charge in [-0.25, -0.2) is 4.79 Å². The SMILES string of the molecule is NC(N)=O.NC1C=CC=CC1(N)c1ccccc1. The zero-order valence-corrected chi connectivity index (χ0v) is 9.99. The summed E-state index contributed by atoms with van der Waals surface area (Å²) >= 11 is 0. The summed E-state index contributed by atoms with van der Waals surface area (Å²) in [5, 5.41) is 0. The first-order valence-electron chi connectivity index (χ1n) is 5.47. The van der Waals surface area contributed by atoms with Crippen LogP contribution in [0.5, 0.6) is 0 Å². The minimum Gasteiger partial charge on any atom is -0.352 e. The van der Waals surface area contributed by atoms with Crippen LogP contribution >= 0.6 is 0 Å². The summed E-state index contributed by atoms with van der Waals surface area (Å²) in [5.74, 6) is 0. The van der Waals surface area contributed by atoms with Crippen molar-refractivity contribution >= 4 is 6.03 Å². The van der Waals surface area contributed by atoms with Gasteiger partial charge in [-0.1, -0.05) is 54.6 Å². The van der Waals surface area contributed by atoms with Crippen molar-refractivity contribution in [1.29, 1.82) is 0 Å². The number of benzene rings is 1. The number of urea groups is 1. The van der Waals surface area contributed by atoms with Crippen LogP contribution in [0.25, 0.3) is 0 Å². The molecule has 0 saturated heterocycles. The number of carbonyl (C=O) groups excluding carboxylic acids is 1. The maximum atomic E-state index is 9.00. The zero-order valence-electron chi connectivity index (χ0n) is 9.99. The van der Waals surface area contributed by atoms with Gasteiger partial charge in [0.15, 0.2) is 0 Å². The number of hydrogen-bond donors (Lipinski definition) is 4. The summed E-state index contributed by atoms with van der Waals surface area (Å²) < 4.78 is 0. The van der Waals surface area contributed by atoms with Crippen molar-refractivity contribution < 1.29 is 4.79 Å². The highest BCUT2D eigenvalue weighted by atomic mass is 16.2. The summed E-state index contributed by atoms with van der Waals surface area (Å²) in [6.07, 6.45) is 7.75. The molecule has 1 aromatic rings. The molecule has 2 unspecified atom stereocenters. The van der Waals surface area contributed by atoms with Gasteiger partial charge in [0.2, 0.25) is 0 Å². The van der Waals surface area contributed by atoms with E-state index in [1.54, 1.807) is 0 Å². The van der Waals surface area contributed by atoms with Crippen molar-refractivity contribution in [3.63, 3.8) is 0 Å². The van der Waals surface area contributed by atoms with Gasteiger partial charge < -0.3 is 22.9 Å². The number of amides is 2. The molecule has 18 heavy (non-hydrogen) atoms. The molecule has 0 bridgehead atoms. The molecule has 0 aliphatic heterocycles. The van der Waals surface area contributed by atoms with E-state index in [1.807, 2.05) is 54.6 Å². The number of carbonyl (C=O) groups is 1. The Morgan fingerprint density at radius 1 is 1.11 bits per heavy atom. The molecule has 0 saturated carbocycles. The molecule has 0 aromatic heterocycles. The van der Waals surface area contributed by atoms with E-state index in [0.717, 1.165) is 5.56 Å². The topological polar surface area (TPSA) is 121 Å². The number of allylic oxidation sites excluding steroid dienone is 2. The van der Waals surface area contributed by atoms with Gasteiger partial charge in [-0.05, 0) is 5.56 Å². The smallest absolute Gasteiger partial charge is 0.309 e. The molecule has 5 nitrogen and oxygen atoms in total. The second kappa shape index (κ2) is 6.00. The fraction of sp³-hybridized carbons (Fsp3) is 0.154. The van der Waals surface area contributed by atoms with E-state index in [0.29, 0.717) is 0 Å². The largest absolute Gasteiger partial charge is 0.352 e. The lowest BCUT2D eigenvalue weighted by atomic mass is 9.81. The minimum atomic E-state index is -0.833. The molecule has 1 aromatic carbocycles. The summed E-state index contributed by atoms with van der Waals surface area (Å²) in [7, 11) is 0. The van der Waals surface area contributed by atoms with Gasteiger partial charge in [0.05, 0.1) is 5.54 Å². The highest BCUT2D eigenvalue weighted by molar-refractivity contribution is 5.69. The predicted molar refractivity (Wildman–Crippen MR) is 72.3 cm³/mol. The van der Waals surface area contributed by atoms with Crippen LogP contribution in [-0.2, 0) is 5.54 Å². The number of hydrogen-bond acceptors (Lipinski definition) is 3. The van der Waals surface area contributed by atoms with E-state index in [1.165, 1.54) is 0 Å². The van der Waals surface area contributed by atoms with Crippen molar-refractivity contribution in [2.75, 3.05) is 0 Å². The standard InChI is InChI=1S/C12H14N2.CH4N2O/c13-11-8-4-5-9-12(11,14)10-6-2-1-3-7-10;2-1(3)4/h1-9,11H,13-14H2;(H4,2,3,4). The van der Waals surface area contributed by atoms with Crippen LogP contribution in [0, 0.1) is 0 Å². The van der Waals surface area contributed by atoms with Crippen molar-refractivity contribution in [3.8, 4) is 0 Å². The van der Waals surface area contributed by atoms with Gasteiger partial charge in [0.1, 0.15) is 0 Å². The molecule has 2 amide bonds. The van der Waals surface area contributed by atoms with Gasteiger partial charge in [0.25, 0.3) is 0 Å². The third-order valence-corrected chi connectivity index (χ3v) is 2.63. The Bertz CT molecular complexity index is 451. The first kappa shape index (κ1) is 14.0. The molecular weight excluding hydrogens is 228 g/mol. The lowest BCUT2D eigenvalue weighted by molar-refractivity contribution is 0.256. The van der Waals surface area contributed by atoms with E-state index < -0.39 is 11.6 Å². The molecule has 0 radical (unpaired) electrons. The Morgan fingerprint density at radius 3 is 2.17 bits per heavy atom. The zero-order chi connectivity index (χ0) is 13.6. The summed E-state index contributed by atoms with van der Waals surface area (Å²) in [4.78, 5) is 9.00. The highest BCUT2D eigenvalue weighted by Crippen LogP contribution is 2.25. The van der Waals surface area contributed by atoms with Crippen LogP contribution < -0.4 is 22.9 Å². The molecule has 0 spiro atoms. The Balaban J connectivity index is 0.000000357. The van der Waals surface area contributed by atoms with Crippen molar-refractivity contribution in [3.05, 3.63) is 60.2 Å². The lowest BCUT2D eigenvalue weighted by Gasteiger charge is -2.32. The number of rotatable bonds is 1. The maximum absolute atomic E-state index is 9.00. The quantitative estimate of drug-likeness (QED) is 0.570. The molecule has 1 aliphatic carbocycles. The van der Waals surface area contributed by atoms with Crippen LogP contribution in [0.3, 0.4) is 0 Å². The molecule has 0 fully saturated rings. The van der Waals surface area contributed by atoms with Gasteiger partial charge in [-0.3, -0.25) is 0 Å². The second-order valence-electron chi connectivity index (χ2n) is 3.97. The van der Waals surface area contributed by atoms with Crippen LogP contribution in [0.1, 0.15) is 5.56 Å². The molecule has 0 heterocycles. The Kier molecular flexibility index (Phi) is 4.65. The second-order valence-corrected chi connectivity index (χ2v) is 3.97. The Hall–Kier alpha value is -2.11. The van der Waals surface area contributed by atoms with Crippen LogP contribution in [0.4, 0.5) is 4.79 Å². The van der Waals surface area contributed by atoms with Crippen molar-refractivity contribution in [1.82, 2.24) is 0 Å². The first-order chi connectivity index (χ1) is 8.47.